The lowest BCUT2D eigenvalue weighted by molar-refractivity contribution is 0.0158. The van der Waals surface area contributed by atoms with E-state index in [4.69, 9.17) is 4.74 Å². The molecule has 1 atom stereocenters. The van der Waals surface area contributed by atoms with Gasteiger partial charge in [-0.2, -0.15) is 0 Å². The van der Waals surface area contributed by atoms with E-state index in [2.05, 4.69) is 6.58 Å². The van der Waals surface area contributed by atoms with Crippen molar-refractivity contribution in [3.8, 4) is 0 Å². The zero-order valence-corrected chi connectivity index (χ0v) is 12.9. The van der Waals surface area contributed by atoms with Gasteiger partial charge in [0.05, 0.1) is 0 Å². The molecular weight excluding hydrogens is 250 g/mol. The molecule has 0 bridgehead atoms. The zero-order chi connectivity index (χ0) is 15.2. The maximum Gasteiger partial charge on any atom is 0.410 e. The molecule has 1 aromatic carbocycles. The van der Waals surface area contributed by atoms with E-state index in [1.165, 1.54) is 0 Å². The minimum Gasteiger partial charge on any atom is -0.444 e. The summed E-state index contributed by atoms with van der Waals surface area (Å²) in [5, 5.41) is 0. The molecule has 0 heterocycles. The standard InChI is InChI=1S/C17H25NO2/c1-6-10-14(2)18(16(19)20-17(3,4)5)13-15-11-8-7-9-12-15/h6-9,11-12,14H,1,10,13H2,2-5H3. The molecule has 0 fully saturated rings. The Labute approximate surface area is 122 Å². The first-order chi connectivity index (χ1) is 9.33. The van der Waals surface area contributed by atoms with Crippen molar-refractivity contribution in [2.24, 2.45) is 0 Å². The Morgan fingerprint density at radius 1 is 1.35 bits per heavy atom. The molecule has 0 saturated heterocycles. The lowest BCUT2D eigenvalue weighted by atomic mass is 10.1. The Kier molecular flexibility index (Phi) is 5.81. The SMILES string of the molecule is C=CCC(C)N(Cc1ccccc1)C(=O)OC(C)(C)C. The monoisotopic (exact) mass is 275 g/mol. The van der Waals surface area contributed by atoms with Crippen molar-refractivity contribution in [2.45, 2.75) is 52.3 Å². The van der Waals surface area contributed by atoms with Crippen molar-refractivity contribution >= 4 is 6.09 Å². The van der Waals surface area contributed by atoms with Crippen molar-refractivity contribution in [3.05, 3.63) is 48.6 Å². The van der Waals surface area contributed by atoms with Gasteiger partial charge in [-0.1, -0.05) is 36.4 Å². The lowest BCUT2D eigenvalue weighted by Gasteiger charge is -2.31. The van der Waals surface area contributed by atoms with E-state index in [1.54, 1.807) is 4.90 Å². The molecule has 3 heteroatoms. The summed E-state index contributed by atoms with van der Waals surface area (Å²) in [5.41, 5.74) is 0.606. The van der Waals surface area contributed by atoms with Crippen molar-refractivity contribution < 1.29 is 9.53 Å². The first-order valence-corrected chi connectivity index (χ1v) is 6.98. The summed E-state index contributed by atoms with van der Waals surface area (Å²) in [6.45, 7) is 11.9. The topological polar surface area (TPSA) is 29.5 Å². The van der Waals surface area contributed by atoms with Crippen LogP contribution in [0.25, 0.3) is 0 Å². The van der Waals surface area contributed by atoms with Crippen molar-refractivity contribution in [2.75, 3.05) is 0 Å². The number of hydrogen-bond acceptors (Lipinski definition) is 2. The molecule has 0 aliphatic heterocycles. The third-order valence-corrected chi connectivity index (χ3v) is 2.86. The van der Waals surface area contributed by atoms with E-state index in [0.29, 0.717) is 6.54 Å². The third-order valence-electron chi connectivity index (χ3n) is 2.86. The van der Waals surface area contributed by atoms with Crippen LogP contribution in [0.4, 0.5) is 4.79 Å². The van der Waals surface area contributed by atoms with E-state index in [1.807, 2.05) is 64.1 Å². The fraction of sp³-hybridized carbons (Fsp3) is 0.471. The average Bonchev–Trinajstić information content (AvgIpc) is 2.35. The van der Waals surface area contributed by atoms with Crippen molar-refractivity contribution in [3.63, 3.8) is 0 Å². The molecule has 0 aliphatic carbocycles. The van der Waals surface area contributed by atoms with Gasteiger partial charge in [0.25, 0.3) is 0 Å². The van der Waals surface area contributed by atoms with Gasteiger partial charge in [0.15, 0.2) is 0 Å². The molecular formula is C17H25NO2. The molecule has 1 unspecified atom stereocenters. The van der Waals surface area contributed by atoms with Gasteiger partial charge in [0.1, 0.15) is 5.60 Å². The highest BCUT2D eigenvalue weighted by Crippen LogP contribution is 2.16. The Hall–Kier alpha value is -1.77. The quantitative estimate of drug-likeness (QED) is 0.746. The second kappa shape index (κ2) is 7.13. The van der Waals surface area contributed by atoms with Gasteiger partial charge in [-0.15, -0.1) is 6.58 Å². The largest absolute Gasteiger partial charge is 0.444 e. The summed E-state index contributed by atoms with van der Waals surface area (Å²) in [6, 6.07) is 9.99. The second-order valence-electron chi connectivity index (χ2n) is 5.97. The molecule has 0 N–H and O–H groups in total. The van der Waals surface area contributed by atoms with E-state index in [9.17, 15) is 4.79 Å². The summed E-state index contributed by atoms with van der Waals surface area (Å²) in [4.78, 5) is 14.1. The number of amides is 1. The van der Waals surface area contributed by atoms with Crippen LogP contribution < -0.4 is 0 Å². The highest BCUT2D eigenvalue weighted by Gasteiger charge is 2.25. The van der Waals surface area contributed by atoms with Crippen LogP contribution in [-0.4, -0.2) is 22.6 Å². The summed E-state index contributed by atoms with van der Waals surface area (Å²) < 4.78 is 5.49. The number of benzene rings is 1. The fourth-order valence-corrected chi connectivity index (χ4v) is 1.87. The van der Waals surface area contributed by atoms with Crippen LogP contribution in [0.5, 0.6) is 0 Å². The maximum absolute atomic E-state index is 12.3. The third kappa shape index (κ3) is 5.47. The normalized spacial score (nSPS) is 12.6. The summed E-state index contributed by atoms with van der Waals surface area (Å²) in [7, 11) is 0. The number of ether oxygens (including phenoxy) is 1. The highest BCUT2D eigenvalue weighted by molar-refractivity contribution is 5.68. The first-order valence-electron chi connectivity index (χ1n) is 6.98. The highest BCUT2D eigenvalue weighted by atomic mass is 16.6. The Bertz CT molecular complexity index is 434. The molecule has 0 aromatic heterocycles. The Morgan fingerprint density at radius 3 is 2.45 bits per heavy atom. The molecule has 1 aromatic rings. The molecule has 110 valence electrons. The van der Waals surface area contributed by atoms with Crippen LogP contribution >= 0.6 is 0 Å². The number of carbonyl (C=O) groups is 1. The number of rotatable bonds is 5. The molecule has 0 spiro atoms. The Morgan fingerprint density at radius 2 is 1.95 bits per heavy atom. The smallest absolute Gasteiger partial charge is 0.410 e. The minimum atomic E-state index is -0.486. The predicted molar refractivity (Wildman–Crippen MR) is 82.5 cm³/mol. The number of hydrogen-bond donors (Lipinski definition) is 0. The molecule has 0 saturated carbocycles. The van der Waals surface area contributed by atoms with Gasteiger partial charge in [0.2, 0.25) is 0 Å². The van der Waals surface area contributed by atoms with Crippen LogP contribution in [0.15, 0.2) is 43.0 Å². The number of carbonyl (C=O) groups excluding carboxylic acids is 1. The van der Waals surface area contributed by atoms with Crippen LogP contribution in [0.1, 0.15) is 39.7 Å². The fourth-order valence-electron chi connectivity index (χ4n) is 1.87. The van der Waals surface area contributed by atoms with Crippen LogP contribution in [0.2, 0.25) is 0 Å². The molecule has 20 heavy (non-hydrogen) atoms. The molecule has 0 aliphatic rings. The van der Waals surface area contributed by atoms with Gasteiger partial charge in [-0.3, -0.25) is 0 Å². The summed E-state index contributed by atoms with van der Waals surface area (Å²) in [5.74, 6) is 0. The predicted octanol–water partition coefficient (Wildman–Crippen LogP) is 4.39. The van der Waals surface area contributed by atoms with Gasteiger partial charge < -0.3 is 9.64 Å². The van der Waals surface area contributed by atoms with E-state index >= 15 is 0 Å². The van der Waals surface area contributed by atoms with E-state index < -0.39 is 5.60 Å². The molecule has 0 radical (unpaired) electrons. The second-order valence-corrected chi connectivity index (χ2v) is 5.97. The molecule has 1 rings (SSSR count). The van der Waals surface area contributed by atoms with Gasteiger partial charge in [-0.05, 0) is 39.7 Å². The first kappa shape index (κ1) is 16.3. The van der Waals surface area contributed by atoms with Crippen molar-refractivity contribution in [1.82, 2.24) is 4.90 Å². The molecule has 1 amide bonds. The average molecular weight is 275 g/mol. The van der Waals surface area contributed by atoms with Crippen LogP contribution in [0, 0.1) is 0 Å². The van der Waals surface area contributed by atoms with E-state index in [0.717, 1.165) is 12.0 Å². The van der Waals surface area contributed by atoms with Crippen molar-refractivity contribution in [1.29, 1.82) is 0 Å². The lowest BCUT2D eigenvalue weighted by Crippen LogP contribution is -2.41. The van der Waals surface area contributed by atoms with E-state index in [-0.39, 0.29) is 12.1 Å². The zero-order valence-electron chi connectivity index (χ0n) is 12.9. The van der Waals surface area contributed by atoms with Gasteiger partial charge in [-0.25, -0.2) is 4.79 Å². The van der Waals surface area contributed by atoms with Crippen LogP contribution in [-0.2, 0) is 11.3 Å². The summed E-state index contributed by atoms with van der Waals surface area (Å²) in [6.07, 6.45) is 2.29. The minimum absolute atomic E-state index is 0.0579. The summed E-state index contributed by atoms with van der Waals surface area (Å²) >= 11 is 0. The molecule has 3 nitrogen and oxygen atoms in total. The van der Waals surface area contributed by atoms with Crippen LogP contribution in [0.3, 0.4) is 0 Å². The number of nitrogens with zero attached hydrogens (tertiary/aromatic N) is 1. The Balaban J connectivity index is 2.85. The van der Waals surface area contributed by atoms with Gasteiger partial charge >= 0.3 is 6.09 Å². The van der Waals surface area contributed by atoms with Gasteiger partial charge in [0, 0.05) is 12.6 Å². The maximum atomic E-state index is 12.3.